The molecule has 0 aromatic heterocycles. The molecule has 4 heteroatoms. The number of likely N-dealkylation sites (N-methyl/N-ethyl adjacent to an activating group) is 1. The van der Waals surface area contributed by atoms with Crippen LogP contribution in [0.5, 0.6) is 0 Å². The van der Waals surface area contributed by atoms with Crippen molar-refractivity contribution < 1.29 is 9.13 Å². The Bertz CT molecular complexity index is 427. The third-order valence-corrected chi connectivity index (χ3v) is 4.11. The average Bonchev–Trinajstić information content (AvgIpc) is 2.78. The van der Waals surface area contributed by atoms with Gasteiger partial charge in [-0.25, -0.2) is 4.39 Å². The Morgan fingerprint density at radius 1 is 1.53 bits per heavy atom. The number of hydrogen-bond donors (Lipinski definition) is 1. The van der Waals surface area contributed by atoms with Crippen molar-refractivity contribution in [2.45, 2.75) is 38.8 Å². The SMILES string of the molecule is CCNC(Cc1ccc(Cl)cc1F)C1CCOC1C. The van der Waals surface area contributed by atoms with Crippen molar-refractivity contribution in [3.05, 3.63) is 34.6 Å². The molecule has 1 N–H and O–H groups in total. The fourth-order valence-corrected chi connectivity index (χ4v) is 3.00. The predicted octanol–water partition coefficient (Wildman–Crippen LogP) is 3.42. The van der Waals surface area contributed by atoms with Gasteiger partial charge in [0.15, 0.2) is 0 Å². The van der Waals surface area contributed by atoms with Crippen LogP contribution in [0.4, 0.5) is 4.39 Å². The first-order chi connectivity index (χ1) is 9.11. The van der Waals surface area contributed by atoms with Crippen LogP contribution in [-0.4, -0.2) is 25.3 Å². The molecule has 2 rings (SSSR count). The monoisotopic (exact) mass is 285 g/mol. The van der Waals surface area contributed by atoms with Gasteiger partial charge in [0.1, 0.15) is 5.82 Å². The minimum absolute atomic E-state index is 0.220. The lowest BCUT2D eigenvalue weighted by molar-refractivity contribution is 0.0955. The molecule has 0 aliphatic carbocycles. The van der Waals surface area contributed by atoms with Crippen molar-refractivity contribution in [3.8, 4) is 0 Å². The molecule has 1 aliphatic heterocycles. The smallest absolute Gasteiger partial charge is 0.127 e. The van der Waals surface area contributed by atoms with E-state index in [4.69, 9.17) is 16.3 Å². The van der Waals surface area contributed by atoms with Gasteiger partial charge in [-0.05, 0) is 44.0 Å². The molecule has 19 heavy (non-hydrogen) atoms. The molecule has 2 nitrogen and oxygen atoms in total. The van der Waals surface area contributed by atoms with Crippen molar-refractivity contribution in [2.24, 2.45) is 5.92 Å². The topological polar surface area (TPSA) is 21.3 Å². The Morgan fingerprint density at radius 2 is 2.32 bits per heavy atom. The zero-order valence-electron chi connectivity index (χ0n) is 11.5. The molecule has 1 saturated heterocycles. The third-order valence-electron chi connectivity index (χ3n) is 3.87. The first-order valence-corrected chi connectivity index (χ1v) is 7.28. The van der Waals surface area contributed by atoms with Crippen LogP contribution in [0.2, 0.25) is 5.02 Å². The first-order valence-electron chi connectivity index (χ1n) is 6.90. The summed E-state index contributed by atoms with van der Waals surface area (Å²) < 4.78 is 19.5. The van der Waals surface area contributed by atoms with Crippen LogP contribution in [-0.2, 0) is 11.2 Å². The highest BCUT2D eigenvalue weighted by Gasteiger charge is 2.31. The van der Waals surface area contributed by atoms with Crippen molar-refractivity contribution in [1.82, 2.24) is 5.32 Å². The van der Waals surface area contributed by atoms with Gasteiger partial charge in [0.2, 0.25) is 0 Å². The normalized spacial score (nSPS) is 24.6. The number of rotatable bonds is 5. The molecule has 1 aromatic rings. The van der Waals surface area contributed by atoms with E-state index in [1.54, 1.807) is 12.1 Å². The second-order valence-electron chi connectivity index (χ2n) is 5.13. The van der Waals surface area contributed by atoms with Crippen LogP contribution in [0.3, 0.4) is 0 Å². The first kappa shape index (κ1) is 14.8. The van der Waals surface area contributed by atoms with Crippen LogP contribution in [0.25, 0.3) is 0 Å². The number of hydrogen-bond acceptors (Lipinski definition) is 2. The third kappa shape index (κ3) is 3.68. The Hall–Kier alpha value is -0.640. The molecule has 0 saturated carbocycles. The number of halogens is 2. The molecule has 106 valence electrons. The van der Waals surface area contributed by atoms with Crippen LogP contribution in [0.15, 0.2) is 18.2 Å². The Labute approximate surface area is 119 Å². The molecule has 0 amide bonds. The van der Waals surface area contributed by atoms with Crippen molar-refractivity contribution in [3.63, 3.8) is 0 Å². The molecule has 1 aliphatic rings. The largest absolute Gasteiger partial charge is 0.378 e. The van der Waals surface area contributed by atoms with Gasteiger partial charge in [-0.3, -0.25) is 0 Å². The van der Waals surface area contributed by atoms with Crippen molar-refractivity contribution in [1.29, 1.82) is 0 Å². The molecule has 0 spiro atoms. The van der Waals surface area contributed by atoms with Crippen molar-refractivity contribution in [2.75, 3.05) is 13.2 Å². The van der Waals surface area contributed by atoms with Gasteiger partial charge >= 0.3 is 0 Å². The summed E-state index contributed by atoms with van der Waals surface area (Å²) in [5.41, 5.74) is 0.717. The van der Waals surface area contributed by atoms with E-state index in [2.05, 4.69) is 19.2 Å². The summed E-state index contributed by atoms with van der Waals surface area (Å²) in [6.07, 6.45) is 1.95. The maximum absolute atomic E-state index is 13.9. The lowest BCUT2D eigenvalue weighted by Gasteiger charge is -2.27. The molecule has 1 heterocycles. The van der Waals surface area contributed by atoms with Gasteiger partial charge < -0.3 is 10.1 Å². The molecule has 1 aromatic carbocycles. The van der Waals surface area contributed by atoms with E-state index in [0.29, 0.717) is 17.4 Å². The summed E-state index contributed by atoms with van der Waals surface area (Å²) in [5.74, 6) is 0.219. The van der Waals surface area contributed by atoms with Gasteiger partial charge in [0, 0.05) is 23.6 Å². The zero-order chi connectivity index (χ0) is 13.8. The highest BCUT2D eigenvalue weighted by atomic mass is 35.5. The van der Waals surface area contributed by atoms with Gasteiger partial charge in [-0.1, -0.05) is 24.6 Å². The highest BCUT2D eigenvalue weighted by Crippen LogP contribution is 2.27. The second-order valence-corrected chi connectivity index (χ2v) is 5.57. The number of ether oxygens (including phenoxy) is 1. The minimum Gasteiger partial charge on any atom is -0.378 e. The van der Waals surface area contributed by atoms with E-state index in [0.717, 1.165) is 25.1 Å². The fourth-order valence-electron chi connectivity index (χ4n) is 2.84. The summed E-state index contributed by atoms with van der Waals surface area (Å²) in [6.45, 7) is 5.85. The quantitative estimate of drug-likeness (QED) is 0.895. The standard InChI is InChI=1S/C15H21ClFNO/c1-3-18-15(13-6-7-19-10(13)2)8-11-4-5-12(16)9-14(11)17/h4-5,9-10,13,15,18H,3,6-8H2,1-2H3. The predicted molar refractivity (Wildman–Crippen MR) is 76.1 cm³/mol. The summed E-state index contributed by atoms with van der Waals surface area (Å²) in [6, 6.07) is 5.16. The van der Waals surface area contributed by atoms with Gasteiger partial charge in [0.05, 0.1) is 6.10 Å². The minimum atomic E-state index is -0.220. The Morgan fingerprint density at radius 3 is 2.89 bits per heavy atom. The lowest BCUT2D eigenvalue weighted by Crippen LogP contribution is -2.41. The summed E-state index contributed by atoms with van der Waals surface area (Å²) in [4.78, 5) is 0. The summed E-state index contributed by atoms with van der Waals surface area (Å²) in [7, 11) is 0. The van der Waals surface area contributed by atoms with Crippen LogP contribution in [0, 0.1) is 11.7 Å². The van der Waals surface area contributed by atoms with Crippen molar-refractivity contribution >= 4 is 11.6 Å². The Kier molecular flexibility index (Phi) is 5.20. The van der Waals surface area contributed by atoms with E-state index >= 15 is 0 Å². The molecule has 3 unspecified atom stereocenters. The zero-order valence-corrected chi connectivity index (χ0v) is 12.2. The van der Waals surface area contributed by atoms with E-state index in [1.165, 1.54) is 6.07 Å². The maximum Gasteiger partial charge on any atom is 0.127 e. The lowest BCUT2D eigenvalue weighted by atomic mass is 9.88. The number of nitrogens with one attached hydrogen (secondary N) is 1. The Balaban J connectivity index is 2.11. The van der Waals surface area contributed by atoms with Crippen LogP contribution in [0.1, 0.15) is 25.8 Å². The van der Waals surface area contributed by atoms with E-state index < -0.39 is 0 Å². The number of benzene rings is 1. The van der Waals surface area contributed by atoms with E-state index in [1.807, 2.05) is 0 Å². The van der Waals surface area contributed by atoms with Gasteiger partial charge in [0.25, 0.3) is 0 Å². The molecule has 0 radical (unpaired) electrons. The summed E-state index contributed by atoms with van der Waals surface area (Å²) >= 11 is 5.79. The fraction of sp³-hybridized carbons (Fsp3) is 0.600. The van der Waals surface area contributed by atoms with Crippen LogP contribution >= 0.6 is 11.6 Å². The molecule has 3 atom stereocenters. The summed E-state index contributed by atoms with van der Waals surface area (Å²) in [5, 5.41) is 3.91. The van der Waals surface area contributed by atoms with E-state index in [9.17, 15) is 4.39 Å². The molecule has 0 bridgehead atoms. The van der Waals surface area contributed by atoms with E-state index in [-0.39, 0.29) is 18.0 Å². The molecule has 1 fully saturated rings. The van der Waals surface area contributed by atoms with Gasteiger partial charge in [-0.2, -0.15) is 0 Å². The van der Waals surface area contributed by atoms with Crippen LogP contribution < -0.4 is 5.32 Å². The maximum atomic E-state index is 13.9. The van der Waals surface area contributed by atoms with Gasteiger partial charge in [-0.15, -0.1) is 0 Å². The second kappa shape index (κ2) is 6.69. The molecular weight excluding hydrogens is 265 g/mol. The average molecular weight is 286 g/mol. The molecular formula is C15H21ClFNO. The highest BCUT2D eigenvalue weighted by molar-refractivity contribution is 6.30.